The average molecular weight is 621 g/mol. The zero-order valence-electron chi connectivity index (χ0n) is 24.3. The topological polar surface area (TPSA) is 148 Å². The van der Waals surface area contributed by atoms with Crippen LogP contribution >= 0.6 is 0 Å². The van der Waals surface area contributed by atoms with Gasteiger partial charge in [-0.15, -0.1) is 0 Å². The molecule has 0 radical (unpaired) electrons. The van der Waals surface area contributed by atoms with E-state index in [1.54, 1.807) is 24.3 Å². The maximum atomic E-state index is 14.2. The molecule has 1 aromatic heterocycles. The molecule has 5 aromatic carbocycles. The summed E-state index contributed by atoms with van der Waals surface area (Å²) in [6.45, 7) is -0.133. The van der Waals surface area contributed by atoms with Gasteiger partial charge in [0.05, 0.1) is 0 Å². The van der Waals surface area contributed by atoms with Gasteiger partial charge in [0.25, 0.3) is 5.75 Å². The summed E-state index contributed by atoms with van der Waals surface area (Å²) < 4.78 is 18.0. The van der Waals surface area contributed by atoms with Crippen LogP contribution in [-0.4, -0.2) is 20.4 Å². The molecule has 1 heterocycles. The molecule has 10 nitrogen and oxygen atoms in total. The van der Waals surface area contributed by atoms with Gasteiger partial charge in [-0.25, -0.2) is 0 Å². The molecule has 0 bridgehead atoms. The van der Waals surface area contributed by atoms with Crippen LogP contribution in [0.5, 0.6) is 40.2 Å². The van der Waals surface area contributed by atoms with Crippen LogP contribution in [0, 0.1) is 0 Å². The standard InChI is InChI=1S/C36H28O10/c37-26-17-16-25(18-27(26)38)32-36(46-44-21-24-14-8-3-9-15-24)30(40)28-29(39)34(42-19-22-10-4-1-5-11-22)31(41)35(33(28)45-32)43-20-23-12-6-2-7-13-23/h1-18,37-39,41H,19-21H2. The van der Waals surface area contributed by atoms with Crippen molar-refractivity contribution in [2.75, 3.05) is 0 Å². The third kappa shape index (κ3) is 6.23. The highest BCUT2D eigenvalue weighted by atomic mass is 17.2. The van der Waals surface area contributed by atoms with Crippen LogP contribution in [-0.2, 0) is 24.7 Å². The van der Waals surface area contributed by atoms with Gasteiger partial charge in [-0.3, -0.25) is 4.79 Å². The zero-order chi connectivity index (χ0) is 32.0. The summed E-state index contributed by atoms with van der Waals surface area (Å²) in [6, 6.07) is 30.9. The van der Waals surface area contributed by atoms with Crippen molar-refractivity contribution in [1.29, 1.82) is 0 Å². The smallest absolute Gasteiger partial charge is 0.256 e. The predicted octanol–water partition coefficient (Wildman–Crippen LogP) is 6.95. The molecule has 0 aliphatic carbocycles. The molecule has 0 saturated heterocycles. The first-order valence-corrected chi connectivity index (χ1v) is 14.2. The Morgan fingerprint density at radius 3 is 1.67 bits per heavy atom. The van der Waals surface area contributed by atoms with E-state index in [1.165, 1.54) is 12.1 Å². The molecule has 4 N–H and O–H groups in total. The van der Waals surface area contributed by atoms with Gasteiger partial charge in [0, 0.05) is 5.56 Å². The summed E-state index contributed by atoms with van der Waals surface area (Å²) in [7, 11) is 0. The lowest BCUT2D eigenvalue weighted by Gasteiger charge is -2.18. The van der Waals surface area contributed by atoms with Gasteiger partial charge in [-0.1, -0.05) is 91.0 Å². The first-order chi connectivity index (χ1) is 22.4. The maximum absolute atomic E-state index is 14.2. The minimum Gasteiger partial charge on any atom is -0.504 e. The highest BCUT2D eigenvalue weighted by Gasteiger charge is 2.30. The summed E-state index contributed by atoms with van der Waals surface area (Å²) in [5.74, 6) is -3.61. The molecule has 46 heavy (non-hydrogen) atoms. The van der Waals surface area contributed by atoms with Crippen molar-refractivity contribution in [2.45, 2.75) is 19.8 Å². The Balaban J connectivity index is 1.52. The molecule has 0 saturated carbocycles. The van der Waals surface area contributed by atoms with Gasteiger partial charge in [0.1, 0.15) is 25.2 Å². The van der Waals surface area contributed by atoms with E-state index >= 15 is 0 Å². The fourth-order valence-electron chi connectivity index (χ4n) is 4.72. The summed E-state index contributed by atoms with van der Waals surface area (Å²) in [5, 5.41) is 42.5. The van der Waals surface area contributed by atoms with E-state index in [4.69, 9.17) is 23.7 Å². The van der Waals surface area contributed by atoms with Crippen LogP contribution in [0.1, 0.15) is 16.7 Å². The Hall–Kier alpha value is -6.13. The zero-order valence-corrected chi connectivity index (χ0v) is 24.3. The molecule has 6 aromatic rings. The summed E-state index contributed by atoms with van der Waals surface area (Å²) in [6.07, 6.45) is 0. The molecule has 0 unspecified atom stereocenters. The largest absolute Gasteiger partial charge is 0.504 e. The van der Waals surface area contributed by atoms with Crippen LogP contribution in [0.4, 0.5) is 0 Å². The Bertz CT molecular complexity index is 2020. The minimum absolute atomic E-state index is 0.0378. The molecule has 0 fully saturated rings. The van der Waals surface area contributed by atoms with Crippen LogP contribution in [0.15, 0.2) is 118 Å². The molecule has 232 valence electrons. The van der Waals surface area contributed by atoms with Gasteiger partial charge in [0.15, 0.2) is 28.6 Å². The van der Waals surface area contributed by atoms with E-state index in [0.29, 0.717) is 0 Å². The van der Waals surface area contributed by atoms with Crippen molar-refractivity contribution in [3.63, 3.8) is 0 Å². The monoisotopic (exact) mass is 620 g/mol. The summed E-state index contributed by atoms with van der Waals surface area (Å²) in [5.41, 5.74) is 1.14. The van der Waals surface area contributed by atoms with Crippen LogP contribution in [0.3, 0.4) is 0 Å². The highest BCUT2D eigenvalue weighted by Crippen LogP contribution is 2.51. The fourth-order valence-corrected chi connectivity index (χ4v) is 4.72. The Labute approximate surface area is 262 Å². The number of hydrogen-bond acceptors (Lipinski definition) is 10. The van der Waals surface area contributed by atoms with Gasteiger partial charge in [-0.05, 0) is 34.9 Å². The maximum Gasteiger partial charge on any atom is 0.256 e. The summed E-state index contributed by atoms with van der Waals surface area (Å²) >= 11 is 0. The number of benzene rings is 5. The molecular formula is C36H28O10. The molecular weight excluding hydrogens is 592 g/mol. The molecule has 6 rings (SSSR count). The number of hydrogen-bond donors (Lipinski definition) is 4. The highest BCUT2D eigenvalue weighted by molar-refractivity contribution is 5.96. The first-order valence-electron chi connectivity index (χ1n) is 14.2. The second-order valence-corrected chi connectivity index (χ2v) is 10.2. The molecule has 0 aliphatic rings. The number of phenolic OH excluding ortho intramolecular Hbond substituents is 4. The van der Waals surface area contributed by atoms with Gasteiger partial charge >= 0.3 is 0 Å². The van der Waals surface area contributed by atoms with Crippen LogP contribution < -0.4 is 19.8 Å². The van der Waals surface area contributed by atoms with Crippen LogP contribution in [0.2, 0.25) is 0 Å². The fraction of sp³-hybridized carbons (Fsp3) is 0.0833. The third-order valence-electron chi connectivity index (χ3n) is 7.06. The van der Waals surface area contributed by atoms with Gasteiger partial charge < -0.3 is 39.2 Å². The average Bonchev–Trinajstić information content (AvgIpc) is 3.08. The van der Waals surface area contributed by atoms with Gasteiger partial charge in [-0.2, -0.15) is 4.89 Å². The molecule has 0 aliphatic heterocycles. The van der Waals surface area contributed by atoms with E-state index in [9.17, 15) is 25.2 Å². The Kier molecular flexibility index (Phi) is 8.62. The van der Waals surface area contributed by atoms with Crippen molar-refractivity contribution in [2.24, 2.45) is 0 Å². The van der Waals surface area contributed by atoms with Crippen molar-refractivity contribution >= 4 is 11.0 Å². The predicted molar refractivity (Wildman–Crippen MR) is 168 cm³/mol. The second-order valence-electron chi connectivity index (χ2n) is 10.2. The Morgan fingerprint density at radius 2 is 1.11 bits per heavy atom. The molecule has 10 heteroatoms. The van der Waals surface area contributed by atoms with E-state index < -0.39 is 45.3 Å². The number of aromatic hydroxyl groups is 4. The quantitative estimate of drug-likeness (QED) is 0.0681. The summed E-state index contributed by atoms with van der Waals surface area (Å²) in [4.78, 5) is 25.1. The lowest BCUT2D eigenvalue weighted by Crippen LogP contribution is -2.12. The van der Waals surface area contributed by atoms with E-state index in [2.05, 4.69) is 0 Å². The number of fused-ring (bicyclic) bond motifs is 1. The second kappa shape index (κ2) is 13.2. The first kappa shape index (κ1) is 29.9. The van der Waals surface area contributed by atoms with Crippen molar-refractivity contribution < 1.29 is 44.1 Å². The van der Waals surface area contributed by atoms with E-state index in [1.807, 2.05) is 66.7 Å². The van der Waals surface area contributed by atoms with Gasteiger partial charge in [0.2, 0.25) is 22.7 Å². The number of rotatable bonds is 11. The Morgan fingerprint density at radius 1 is 0.565 bits per heavy atom. The lowest BCUT2D eigenvalue weighted by atomic mass is 10.1. The SMILES string of the molecule is O=c1c(OOCc2ccccc2)c(-c2ccc(O)c(O)c2)oc2c(OCc3ccccc3)c(O)c(OCc3ccccc3)c(O)c12. The van der Waals surface area contributed by atoms with Crippen LogP contribution in [0.25, 0.3) is 22.3 Å². The molecule has 0 spiro atoms. The number of phenols is 4. The van der Waals surface area contributed by atoms with Crippen molar-refractivity contribution in [3.8, 4) is 51.6 Å². The lowest BCUT2D eigenvalue weighted by molar-refractivity contribution is -0.218. The normalized spacial score (nSPS) is 11.0. The molecule has 0 amide bonds. The number of ether oxygens (including phenoxy) is 2. The molecule has 0 atom stereocenters. The third-order valence-corrected chi connectivity index (χ3v) is 7.06. The van der Waals surface area contributed by atoms with Crippen molar-refractivity contribution in [1.82, 2.24) is 0 Å². The van der Waals surface area contributed by atoms with Crippen molar-refractivity contribution in [3.05, 3.63) is 136 Å². The minimum atomic E-state index is -0.886. The van der Waals surface area contributed by atoms with E-state index in [0.717, 1.165) is 22.8 Å². The van der Waals surface area contributed by atoms with E-state index in [-0.39, 0.29) is 42.5 Å².